The Bertz CT molecular complexity index is 1360. The van der Waals surface area contributed by atoms with Gasteiger partial charge in [0.15, 0.2) is 0 Å². The van der Waals surface area contributed by atoms with Crippen LogP contribution in [0.2, 0.25) is 5.02 Å². The largest absolute Gasteiger partial charge is 0.380 e. The van der Waals surface area contributed by atoms with Gasteiger partial charge in [-0.15, -0.1) is 0 Å². The van der Waals surface area contributed by atoms with E-state index >= 15 is 4.39 Å². The Morgan fingerprint density at radius 2 is 2.05 bits per heavy atom. The molecule has 9 nitrogen and oxygen atoms in total. The first-order valence-electron chi connectivity index (χ1n) is 13.4. The normalized spacial score (nSPS) is 24.0. The molecule has 2 aromatic rings. The molecule has 2 aliphatic heterocycles. The highest BCUT2D eigenvalue weighted by molar-refractivity contribution is 6.30. The third-order valence-corrected chi connectivity index (χ3v) is 7.99. The van der Waals surface area contributed by atoms with Gasteiger partial charge in [-0.25, -0.2) is 14.2 Å². The lowest BCUT2D eigenvalue weighted by atomic mass is 9.81. The number of ether oxygens (including phenoxy) is 1. The monoisotopic (exact) mass is 566 g/mol. The summed E-state index contributed by atoms with van der Waals surface area (Å²) in [5, 5.41) is 5.84. The third kappa shape index (κ3) is 6.08. The number of hydrogen-bond acceptors (Lipinski definition) is 6. The average molecular weight is 567 g/mol. The minimum absolute atomic E-state index is 0.0223. The van der Waals surface area contributed by atoms with Crippen LogP contribution in [0.1, 0.15) is 44.6 Å². The molecule has 2 N–H and O–H groups in total. The summed E-state index contributed by atoms with van der Waals surface area (Å²) in [6.45, 7) is 2.12. The van der Waals surface area contributed by atoms with Crippen LogP contribution in [0.25, 0.3) is 0 Å². The number of amides is 3. The molecular formula is C29H32ClFN6O3. The third-order valence-electron chi connectivity index (χ3n) is 7.77. The molecule has 0 bridgehead atoms. The number of halogens is 2. The zero-order chi connectivity index (χ0) is 28.3. The van der Waals surface area contributed by atoms with Gasteiger partial charge in [-0.3, -0.25) is 20.1 Å². The van der Waals surface area contributed by atoms with Crippen molar-refractivity contribution in [2.24, 2.45) is 15.9 Å². The maximum atomic E-state index is 15.1. The van der Waals surface area contributed by atoms with Crippen LogP contribution in [0, 0.1) is 11.7 Å². The van der Waals surface area contributed by atoms with Gasteiger partial charge in [-0.2, -0.15) is 0 Å². The predicted molar refractivity (Wildman–Crippen MR) is 154 cm³/mol. The van der Waals surface area contributed by atoms with Crippen LogP contribution in [0.5, 0.6) is 0 Å². The van der Waals surface area contributed by atoms with Crippen LogP contribution in [-0.2, 0) is 15.1 Å². The van der Waals surface area contributed by atoms with Crippen molar-refractivity contribution in [3.8, 4) is 0 Å². The van der Waals surface area contributed by atoms with E-state index in [1.165, 1.54) is 37.1 Å². The zero-order valence-corrected chi connectivity index (χ0v) is 23.2. The summed E-state index contributed by atoms with van der Waals surface area (Å²) in [6, 6.07) is 6.44. The minimum atomic E-state index is -0.882. The summed E-state index contributed by atoms with van der Waals surface area (Å²) in [5.41, 5.74) is 0.815. The summed E-state index contributed by atoms with van der Waals surface area (Å²) in [7, 11) is 1.53. The van der Waals surface area contributed by atoms with E-state index in [9.17, 15) is 9.59 Å². The molecule has 1 saturated carbocycles. The Balaban J connectivity index is 1.38. The minimum Gasteiger partial charge on any atom is -0.380 e. The maximum Gasteiger partial charge on any atom is 0.323 e. The Morgan fingerprint density at radius 3 is 2.77 bits per heavy atom. The molecule has 40 heavy (non-hydrogen) atoms. The summed E-state index contributed by atoms with van der Waals surface area (Å²) < 4.78 is 20.6. The molecule has 210 valence electrons. The van der Waals surface area contributed by atoms with Crippen LogP contribution in [0.15, 0.2) is 58.8 Å². The molecule has 5 rings (SSSR count). The molecule has 1 aromatic carbocycles. The van der Waals surface area contributed by atoms with Crippen LogP contribution in [0.3, 0.4) is 0 Å². The molecule has 3 heterocycles. The van der Waals surface area contributed by atoms with E-state index in [1.54, 1.807) is 42.8 Å². The molecule has 1 aromatic heterocycles. The summed E-state index contributed by atoms with van der Waals surface area (Å²) in [5.74, 6) is -0.132. The van der Waals surface area contributed by atoms with Gasteiger partial charge in [-0.1, -0.05) is 30.5 Å². The van der Waals surface area contributed by atoms with E-state index in [0.717, 1.165) is 24.1 Å². The number of rotatable bonds is 8. The fraction of sp³-hybridized carbons (Fsp3) is 0.414. The number of benzene rings is 1. The lowest BCUT2D eigenvalue weighted by molar-refractivity contribution is -0.119. The second kappa shape index (κ2) is 11.9. The quantitative estimate of drug-likeness (QED) is 0.435. The van der Waals surface area contributed by atoms with E-state index in [4.69, 9.17) is 21.3 Å². The van der Waals surface area contributed by atoms with E-state index in [-0.39, 0.29) is 24.8 Å². The maximum absolute atomic E-state index is 15.1. The van der Waals surface area contributed by atoms with Crippen molar-refractivity contribution in [1.29, 1.82) is 0 Å². The first-order valence-corrected chi connectivity index (χ1v) is 13.7. The first kappa shape index (κ1) is 27.9. The number of nitrogens with one attached hydrogen (secondary N) is 2. The van der Waals surface area contributed by atoms with E-state index in [1.807, 2.05) is 6.92 Å². The molecule has 3 atom stereocenters. The average Bonchev–Trinajstić information content (AvgIpc) is 3.71. The highest BCUT2D eigenvalue weighted by Gasteiger charge is 2.41. The Hall–Kier alpha value is -3.63. The van der Waals surface area contributed by atoms with Crippen molar-refractivity contribution in [1.82, 2.24) is 9.88 Å². The number of methoxy groups -OCH3 is 1. The van der Waals surface area contributed by atoms with E-state index < -0.39 is 29.3 Å². The standard InChI is InChI=1S/C29H32ClFN6O3/c1-18-29(11-10-19-4-5-19,34-13-3-12-32-18)20-6-8-23(31)24(14-20)35-27(38)25-15-22(40-2)17-37(25)28(39)36-26-9-7-21(30)16-33-26/h3,6-9,12-14,16,19,22,25H,4-5,10-11,15,17H2,1-2H3,(H,35,38)(H,33,36,39)/t22-,25-,29?/m1/s1. The predicted octanol–water partition coefficient (Wildman–Crippen LogP) is 5.58. The van der Waals surface area contributed by atoms with E-state index in [2.05, 4.69) is 20.6 Å². The number of likely N-dealkylation sites (tertiary alicyclic amines) is 1. The van der Waals surface area contributed by atoms with Gasteiger partial charge in [0.2, 0.25) is 5.91 Å². The van der Waals surface area contributed by atoms with Crippen molar-refractivity contribution >= 4 is 47.0 Å². The molecule has 1 aliphatic carbocycles. The van der Waals surface area contributed by atoms with E-state index in [0.29, 0.717) is 16.8 Å². The highest BCUT2D eigenvalue weighted by Crippen LogP contribution is 2.42. The second-order valence-corrected chi connectivity index (χ2v) is 10.9. The Labute approximate surface area is 237 Å². The van der Waals surface area contributed by atoms with Crippen molar-refractivity contribution in [3.05, 3.63) is 65.2 Å². The van der Waals surface area contributed by atoms with Gasteiger partial charge in [0.05, 0.1) is 16.8 Å². The summed E-state index contributed by atoms with van der Waals surface area (Å²) in [6.07, 6.45) is 10.7. The molecular weight excluding hydrogens is 535 g/mol. The van der Waals surface area contributed by atoms with Crippen molar-refractivity contribution < 1.29 is 18.7 Å². The lowest BCUT2D eigenvalue weighted by Gasteiger charge is -2.31. The molecule has 1 saturated heterocycles. The number of carbonyl (C=O) groups excluding carboxylic acids is 2. The smallest absolute Gasteiger partial charge is 0.323 e. The number of nitrogens with zero attached hydrogens (tertiary/aromatic N) is 4. The Kier molecular flexibility index (Phi) is 8.27. The molecule has 3 aliphatic rings. The SMILES string of the molecule is CO[C@@H]1C[C@H](C(=O)Nc2cc(C3(CCC4CC4)N=CC=CN=C3C)ccc2F)N(C(=O)Nc2ccc(Cl)cn2)C1. The van der Waals surface area contributed by atoms with Gasteiger partial charge in [0.1, 0.15) is 23.2 Å². The van der Waals surface area contributed by atoms with Gasteiger partial charge in [0, 0.05) is 44.4 Å². The van der Waals surface area contributed by atoms with Gasteiger partial charge in [-0.05, 0) is 61.6 Å². The number of hydrogen-bond donors (Lipinski definition) is 2. The topological polar surface area (TPSA) is 108 Å². The fourth-order valence-electron chi connectivity index (χ4n) is 5.22. The van der Waals surface area contributed by atoms with Crippen molar-refractivity contribution in [2.45, 2.75) is 56.7 Å². The van der Waals surface area contributed by atoms with Crippen LogP contribution in [0.4, 0.5) is 20.7 Å². The zero-order valence-electron chi connectivity index (χ0n) is 22.4. The van der Waals surface area contributed by atoms with Crippen LogP contribution >= 0.6 is 11.6 Å². The highest BCUT2D eigenvalue weighted by atomic mass is 35.5. The molecule has 3 amide bonds. The summed E-state index contributed by atoms with van der Waals surface area (Å²) >= 11 is 5.88. The van der Waals surface area contributed by atoms with Crippen molar-refractivity contribution in [3.63, 3.8) is 0 Å². The van der Waals surface area contributed by atoms with Gasteiger partial charge >= 0.3 is 6.03 Å². The Morgan fingerprint density at radius 1 is 1.23 bits per heavy atom. The number of aromatic nitrogens is 1. The summed E-state index contributed by atoms with van der Waals surface area (Å²) in [4.78, 5) is 41.5. The van der Waals surface area contributed by atoms with Gasteiger partial charge in [0.25, 0.3) is 0 Å². The number of carbonyl (C=O) groups is 2. The molecule has 11 heteroatoms. The molecule has 1 unspecified atom stereocenters. The van der Waals surface area contributed by atoms with Gasteiger partial charge < -0.3 is 15.0 Å². The van der Waals surface area contributed by atoms with Crippen molar-refractivity contribution in [2.75, 3.05) is 24.3 Å². The molecule has 0 radical (unpaired) electrons. The van der Waals surface area contributed by atoms with Crippen LogP contribution < -0.4 is 10.6 Å². The first-order chi connectivity index (χ1) is 19.3. The second-order valence-electron chi connectivity index (χ2n) is 10.4. The lowest BCUT2D eigenvalue weighted by Crippen LogP contribution is -2.45. The number of anilines is 2. The number of pyridine rings is 1. The molecule has 0 spiro atoms. The van der Waals surface area contributed by atoms with Crippen LogP contribution in [-0.4, -0.2) is 59.5 Å². The number of aliphatic imine (C=N–C) groups is 2. The number of allylic oxidation sites excluding steroid dienone is 1. The number of urea groups is 1. The molecule has 2 fully saturated rings. The fourth-order valence-corrected chi connectivity index (χ4v) is 5.34.